The summed E-state index contributed by atoms with van der Waals surface area (Å²) in [6.07, 6.45) is 0. The van der Waals surface area contributed by atoms with Crippen LogP contribution in [0.5, 0.6) is 17.2 Å². The predicted octanol–water partition coefficient (Wildman–Crippen LogP) is 4.52. The Labute approximate surface area is 151 Å². The monoisotopic (exact) mass is 365 g/mol. The van der Waals surface area contributed by atoms with E-state index < -0.39 is 13.2 Å². The molecule has 2 atom stereocenters. The molecule has 0 fully saturated rings. The summed E-state index contributed by atoms with van der Waals surface area (Å²) in [5, 5.41) is 4.08. The molecule has 0 spiro atoms. The first-order chi connectivity index (χ1) is 12.7. The van der Waals surface area contributed by atoms with E-state index in [-0.39, 0.29) is 6.79 Å². The molecule has 130 valence electrons. The summed E-state index contributed by atoms with van der Waals surface area (Å²) in [4.78, 5) is 0. The zero-order chi connectivity index (χ0) is 17.6. The van der Waals surface area contributed by atoms with Gasteiger partial charge in [0, 0.05) is 0 Å². The van der Waals surface area contributed by atoms with Crippen molar-refractivity contribution < 1.29 is 18.6 Å². The summed E-state index contributed by atoms with van der Waals surface area (Å²) in [5.41, 5.74) is 1.65. The SMILES string of the molecule is O=[P@@]1(c2ccccc2)Oc2ccccc2N[C@H]1c1ccc2c(c1)OCO2. The minimum atomic E-state index is -3.26. The van der Waals surface area contributed by atoms with Crippen LogP contribution in [0.4, 0.5) is 5.69 Å². The zero-order valence-corrected chi connectivity index (χ0v) is 14.7. The van der Waals surface area contributed by atoms with Crippen LogP contribution >= 0.6 is 7.37 Å². The number of benzene rings is 3. The average molecular weight is 365 g/mol. The summed E-state index contributed by atoms with van der Waals surface area (Å²) in [6, 6.07) is 22.5. The van der Waals surface area contributed by atoms with Gasteiger partial charge in [-0.2, -0.15) is 0 Å². The Morgan fingerprint density at radius 1 is 0.846 bits per heavy atom. The number of nitrogens with one attached hydrogen (secondary N) is 1. The van der Waals surface area contributed by atoms with Gasteiger partial charge >= 0.3 is 7.37 Å². The lowest BCUT2D eigenvalue weighted by Gasteiger charge is -2.35. The third-order valence-corrected chi connectivity index (χ3v) is 7.17. The molecule has 0 radical (unpaired) electrons. The molecule has 2 aliphatic heterocycles. The Hall–Kier alpha value is -2.91. The third-order valence-electron chi connectivity index (χ3n) is 4.58. The maximum atomic E-state index is 14.1. The molecule has 5 rings (SSSR count). The van der Waals surface area contributed by atoms with Crippen molar-refractivity contribution in [2.45, 2.75) is 5.78 Å². The Morgan fingerprint density at radius 3 is 2.50 bits per heavy atom. The molecular weight excluding hydrogens is 349 g/mol. The Kier molecular flexibility index (Phi) is 3.44. The van der Waals surface area contributed by atoms with Crippen LogP contribution in [0.2, 0.25) is 0 Å². The standard InChI is InChI=1S/C20H16NO4P/c22-26(15-6-2-1-3-7-15)20(21-16-8-4-5-9-17(16)25-26)14-10-11-18-19(12-14)24-13-23-18/h1-12,20-21H,13H2/t20-,26+/m1/s1. The highest BCUT2D eigenvalue weighted by molar-refractivity contribution is 7.67. The number of ether oxygens (including phenoxy) is 2. The van der Waals surface area contributed by atoms with Crippen molar-refractivity contribution in [3.63, 3.8) is 0 Å². The van der Waals surface area contributed by atoms with E-state index in [0.717, 1.165) is 11.3 Å². The molecule has 0 unspecified atom stereocenters. The normalized spacial score (nSPS) is 22.8. The molecule has 0 saturated carbocycles. The first kappa shape index (κ1) is 15.4. The quantitative estimate of drug-likeness (QED) is 0.677. The molecule has 0 aliphatic carbocycles. The second kappa shape index (κ2) is 5.82. The zero-order valence-electron chi connectivity index (χ0n) is 13.8. The molecule has 26 heavy (non-hydrogen) atoms. The van der Waals surface area contributed by atoms with Crippen LogP contribution in [0, 0.1) is 0 Å². The van der Waals surface area contributed by atoms with E-state index in [9.17, 15) is 4.57 Å². The molecule has 3 aromatic rings. The Bertz CT molecular complexity index is 1020. The van der Waals surface area contributed by atoms with Crippen molar-refractivity contribution in [3.8, 4) is 17.2 Å². The maximum Gasteiger partial charge on any atom is 0.303 e. The minimum Gasteiger partial charge on any atom is -0.454 e. The van der Waals surface area contributed by atoms with Gasteiger partial charge in [-0.15, -0.1) is 0 Å². The van der Waals surface area contributed by atoms with Gasteiger partial charge in [0.1, 0.15) is 11.5 Å². The van der Waals surface area contributed by atoms with Gasteiger partial charge in [-0.25, -0.2) is 0 Å². The largest absolute Gasteiger partial charge is 0.454 e. The van der Waals surface area contributed by atoms with Crippen LogP contribution in [-0.2, 0) is 4.57 Å². The molecular formula is C20H16NO4P. The van der Waals surface area contributed by atoms with Gasteiger partial charge in [0.15, 0.2) is 11.5 Å². The van der Waals surface area contributed by atoms with Crippen LogP contribution in [0.15, 0.2) is 72.8 Å². The van der Waals surface area contributed by atoms with Crippen molar-refractivity contribution in [2.75, 3.05) is 12.1 Å². The molecule has 6 heteroatoms. The van der Waals surface area contributed by atoms with Crippen LogP contribution in [0.25, 0.3) is 0 Å². The van der Waals surface area contributed by atoms with E-state index in [1.165, 1.54) is 0 Å². The molecule has 0 aromatic heterocycles. The first-order valence-corrected chi connectivity index (χ1v) is 10.0. The smallest absolute Gasteiger partial charge is 0.303 e. The molecule has 0 bridgehead atoms. The number of hydrogen-bond donors (Lipinski definition) is 1. The lowest BCUT2D eigenvalue weighted by Crippen LogP contribution is -2.25. The highest BCUT2D eigenvalue weighted by Gasteiger charge is 2.43. The van der Waals surface area contributed by atoms with E-state index in [1.54, 1.807) is 0 Å². The van der Waals surface area contributed by atoms with E-state index in [1.807, 2.05) is 72.8 Å². The fourth-order valence-electron chi connectivity index (χ4n) is 3.30. The molecule has 1 N–H and O–H groups in total. The number of hydrogen-bond acceptors (Lipinski definition) is 5. The van der Waals surface area contributed by atoms with Crippen molar-refractivity contribution in [1.82, 2.24) is 0 Å². The van der Waals surface area contributed by atoms with Crippen LogP contribution in [0.3, 0.4) is 0 Å². The van der Waals surface area contributed by atoms with Gasteiger partial charge in [-0.3, -0.25) is 4.57 Å². The number of anilines is 1. The average Bonchev–Trinajstić information content (AvgIpc) is 3.16. The number of fused-ring (bicyclic) bond motifs is 2. The van der Waals surface area contributed by atoms with E-state index in [0.29, 0.717) is 22.6 Å². The van der Waals surface area contributed by atoms with Gasteiger partial charge in [0.25, 0.3) is 0 Å². The minimum absolute atomic E-state index is 0.201. The Balaban J connectivity index is 1.67. The van der Waals surface area contributed by atoms with Crippen LogP contribution in [0.1, 0.15) is 11.3 Å². The molecule has 0 amide bonds. The van der Waals surface area contributed by atoms with Gasteiger partial charge in [-0.1, -0.05) is 36.4 Å². The second-order valence-corrected chi connectivity index (χ2v) is 8.59. The van der Waals surface area contributed by atoms with Gasteiger partial charge in [-0.05, 0) is 42.0 Å². The Morgan fingerprint density at radius 2 is 1.62 bits per heavy atom. The van der Waals surface area contributed by atoms with Crippen LogP contribution in [-0.4, -0.2) is 6.79 Å². The number of para-hydroxylation sites is 2. The van der Waals surface area contributed by atoms with E-state index in [4.69, 9.17) is 14.0 Å². The highest BCUT2D eigenvalue weighted by Crippen LogP contribution is 2.63. The second-order valence-electron chi connectivity index (χ2n) is 6.18. The van der Waals surface area contributed by atoms with E-state index >= 15 is 0 Å². The fraction of sp³-hybridized carbons (Fsp3) is 0.100. The van der Waals surface area contributed by atoms with Gasteiger partial charge in [0.2, 0.25) is 6.79 Å². The number of rotatable bonds is 2. The topological polar surface area (TPSA) is 56.8 Å². The fourth-order valence-corrected chi connectivity index (χ4v) is 5.71. The molecule has 2 aliphatic rings. The summed E-state index contributed by atoms with van der Waals surface area (Å²) >= 11 is 0. The summed E-state index contributed by atoms with van der Waals surface area (Å²) in [5.74, 6) is 1.43. The highest BCUT2D eigenvalue weighted by atomic mass is 31.2. The summed E-state index contributed by atoms with van der Waals surface area (Å²) in [7, 11) is -3.26. The van der Waals surface area contributed by atoms with Gasteiger partial charge in [0.05, 0.1) is 11.0 Å². The van der Waals surface area contributed by atoms with E-state index in [2.05, 4.69) is 5.32 Å². The van der Waals surface area contributed by atoms with Crippen molar-refractivity contribution in [1.29, 1.82) is 0 Å². The molecule has 0 saturated heterocycles. The lowest BCUT2D eigenvalue weighted by atomic mass is 10.2. The predicted molar refractivity (Wildman–Crippen MR) is 99.7 cm³/mol. The molecule has 3 aromatic carbocycles. The first-order valence-electron chi connectivity index (χ1n) is 8.34. The third kappa shape index (κ3) is 2.36. The van der Waals surface area contributed by atoms with Crippen molar-refractivity contribution in [2.24, 2.45) is 0 Å². The van der Waals surface area contributed by atoms with Crippen molar-refractivity contribution in [3.05, 3.63) is 78.4 Å². The van der Waals surface area contributed by atoms with Gasteiger partial charge < -0.3 is 19.3 Å². The summed E-state index contributed by atoms with van der Waals surface area (Å²) in [6.45, 7) is 0.201. The summed E-state index contributed by atoms with van der Waals surface area (Å²) < 4.78 is 31.1. The lowest BCUT2D eigenvalue weighted by molar-refractivity contribution is 0.174. The molecule has 2 heterocycles. The van der Waals surface area contributed by atoms with Crippen molar-refractivity contribution >= 4 is 18.4 Å². The molecule has 5 nitrogen and oxygen atoms in total. The van der Waals surface area contributed by atoms with Crippen LogP contribution < -0.4 is 24.6 Å². The maximum absolute atomic E-state index is 14.1.